The summed E-state index contributed by atoms with van der Waals surface area (Å²) in [6.07, 6.45) is 0. The van der Waals surface area contributed by atoms with E-state index in [0.29, 0.717) is 5.52 Å². The molecule has 0 bridgehead atoms. The highest BCUT2D eigenvalue weighted by atomic mass is 35.5. The minimum Gasteiger partial charge on any atom is -0.495 e. The summed E-state index contributed by atoms with van der Waals surface area (Å²) in [6, 6.07) is 7.00. The van der Waals surface area contributed by atoms with E-state index >= 15 is 0 Å². The van der Waals surface area contributed by atoms with Gasteiger partial charge in [-0.15, -0.1) is 0 Å². The van der Waals surface area contributed by atoms with Crippen molar-refractivity contribution in [3.63, 3.8) is 0 Å². The summed E-state index contributed by atoms with van der Waals surface area (Å²) in [5.74, 6) is -0.0621. The number of oxazole rings is 1. The second kappa shape index (κ2) is 6.58. The number of benzene rings is 2. The Morgan fingerprint density at radius 3 is 2.46 bits per heavy atom. The lowest BCUT2D eigenvalue weighted by atomic mass is 10.3. The van der Waals surface area contributed by atoms with Gasteiger partial charge in [-0.2, -0.15) is 0 Å². The maximum Gasteiger partial charge on any atom is 0.419 e. The number of rotatable bonds is 5. The fraction of sp³-hybridized carbons (Fsp3) is 0.188. The smallest absolute Gasteiger partial charge is 0.419 e. The molecule has 0 spiro atoms. The van der Waals surface area contributed by atoms with Crippen LogP contribution in [0.1, 0.15) is 0 Å². The maximum atomic E-state index is 12.7. The summed E-state index contributed by atoms with van der Waals surface area (Å²) in [6.45, 7) is 0. The average Bonchev–Trinajstić information content (AvgIpc) is 2.89. The molecule has 0 aliphatic carbocycles. The molecule has 0 atom stereocenters. The van der Waals surface area contributed by atoms with Gasteiger partial charge in [-0.3, -0.25) is 9.29 Å². The highest BCUT2D eigenvalue weighted by Gasteiger charge is 2.20. The average molecular weight is 399 g/mol. The summed E-state index contributed by atoms with van der Waals surface area (Å²) >= 11 is 6.02. The van der Waals surface area contributed by atoms with Crippen LogP contribution in [0.2, 0.25) is 5.02 Å². The number of fused-ring (bicyclic) bond motifs is 1. The predicted molar refractivity (Wildman–Crippen MR) is 96.8 cm³/mol. The lowest BCUT2D eigenvalue weighted by molar-refractivity contribution is 0.405. The number of methoxy groups -OCH3 is 2. The number of ether oxygens (including phenoxy) is 2. The normalized spacial score (nSPS) is 11.5. The van der Waals surface area contributed by atoms with E-state index in [4.69, 9.17) is 25.5 Å². The van der Waals surface area contributed by atoms with E-state index < -0.39 is 15.8 Å². The Kier molecular flexibility index (Phi) is 4.59. The fourth-order valence-corrected chi connectivity index (χ4v) is 3.73. The maximum absolute atomic E-state index is 12.7. The van der Waals surface area contributed by atoms with Crippen molar-refractivity contribution < 1.29 is 22.3 Å². The molecule has 0 fully saturated rings. The van der Waals surface area contributed by atoms with Crippen molar-refractivity contribution in [1.82, 2.24) is 4.57 Å². The lowest BCUT2D eigenvalue weighted by Gasteiger charge is -2.14. The van der Waals surface area contributed by atoms with E-state index in [1.807, 2.05) is 0 Å². The number of aryl methyl sites for hydroxylation is 1. The highest BCUT2D eigenvalue weighted by Crippen LogP contribution is 2.37. The first-order chi connectivity index (χ1) is 12.3. The molecule has 0 amide bonds. The first-order valence-corrected chi connectivity index (χ1v) is 9.17. The van der Waals surface area contributed by atoms with Crippen molar-refractivity contribution in [3.8, 4) is 11.5 Å². The van der Waals surface area contributed by atoms with Crippen LogP contribution in [0.25, 0.3) is 11.1 Å². The second-order valence-electron chi connectivity index (χ2n) is 5.35. The zero-order valence-corrected chi connectivity index (χ0v) is 15.6. The van der Waals surface area contributed by atoms with Gasteiger partial charge >= 0.3 is 5.76 Å². The number of nitrogens with one attached hydrogen (secondary N) is 1. The molecule has 138 valence electrons. The number of sulfonamides is 1. The molecule has 8 nitrogen and oxygen atoms in total. The Labute approximate surface area is 153 Å². The molecule has 0 radical (unpaired) electrons. The Morgan fingerprint density at radius 2 is 1.81 bits per heavy atom. The zero-order chi connectivity index (χ0) is 19.1. The van der Waals surface area contributed by atoms with Gasteiger partial charge in [-0.25, -0.2) is 13.2 Å². The van der Waals surface area contributed by atoms with Crippen molar-refractivity contribution >= 4 is 38.4 Å². The van der Waals surface area contributed by atoms with Crippen LogP contribution in [0.3, 0.4) is 0 Å². The number of aromatic nitrogens is 1. The van der Waals surface area contributed by atoms with Crippen LogP contribution in [0.4, 0.5) is 5.69 Å². The molecule has 2 aromatic carbocycles. The molecular weight excluding hydrogens is 384 g/mol. The summed E-state index contributed by atoms with van der Waals surface area (Å²) in [7, 11) is 0.358. The molecular formula is C16H15ClN2O6S. The molecule has 26 heavy (non-hydrogen) atoms. The van der Waals surface area contributed by atoms with Gasteiger partial charge < -0.3 is 13.9 Å². The Morgan fingerprint density at radius 1 is 1.12 bits per heavy atom. The van der Waals surface area contributed by atoms with E-state index in [1.54, 1.807) is 0 Å². The second-order valence-corrected chi connectivity index (χ2v) is 7.44. The third kappa shape index (κ3) is 3.11. The molecule has 3 aromatic rings. The molecule has 0 aliphatic heterocycles. The first kappa shape index (κ1) is 18.2. The molecule has 1 N–H and O–H groups in total. The van der Waals surface area contributed by atoms with Gasteiger partial charge in [0.25, 0.3) is 10.0 Å². The van der Waals surface area contributed by atoms with Gasteiger partial charge in [0, 0.05) is 25.2 Å². The largest absolute Gasteiger partial charge is 0.495 e. The van der Waals surface area contributed by atoms with Gasteiger partial charge in [0.2, 0.25) is 0 Å². The van der Waals surface area contributed by atoms with Crippen molar-refractivity contribution in [2.75, 3.05) is 18.9 Å². The van der Waals surface area contributed by atoms with Crippen molar-refractivity contribution in [1.29, 1.82) is 0 Å². The van der Waals surface area contributed by atoms with Gasteiger partial charge in [-0.05, 0) is 12.1 Å². The monoisotopic (exact) mass is 398 g/mol. The van der Waals surface area contributed by atoms with Crippen molar-refractivity contribution in [3.05, 3.63) is 45.9 Å². The number of halogens is 1. The molecule has 0 saturated carbocycles. The molecule has 3 rings (SSSR count). The molecule has 0 saturated heterocycles. The molecule has 1 aromatic heterocycles. The van der Waals surface area contributed by atoms with Crippen LogP contribution >= 0.6 is 11.6 Å². The number of nitrogens with zero attached hydrogens (tertiary/aromatic N) is 1. The van der Waals surface area contributed by atoms with Crippen LogP contribution < -0.4 is 20.0 Å². The summed E-state index contributed by atoms with van der Waals surface area (Å²) < 4.78 is 44.5. The minimum absolute atomic E-state index is 0.0738. The molecule has 0 aliphatic rings. The standard InChI is InChI=1S/C16H15ClN2O6S/c1-19-12-5-4-9(6-15(12)25-16(19)20)26(21,22)18-11-8-13(23-2)10(17)7-14(11)24-3/h4-8,18H,1-3H3. The highest BCUT2D eigenvalue weighted by molar-refractivity contribution is 7.92. The molecule has 10 heteroatoms. The van der Waals surface area contributed by atoms with E-state index in [0.717, 1.165) is 0 Å². The Bertz CT molecular complexity index is 1150. The van der Waals surface area contributed by atoms with E-state index in [9.17, 15) is 13.2 Å². The summed E-state index contributed by atoms with van der Waals surface area (Å²) in [5, 5.41) is 0.278. The summed E-state index contributed by atoms with van der Waals surface area (Å²) in [4.78, 5) is 11.5. The van der Waals surface area contributed by atoms with Crippen LogP contribution in [-0.4, -0.2) is 27.2 Å². The van der Waals surface area contributed by atoms with Crippen LogP contribution in [0.15, 0.2) is 44.4 Å². The van der Waals surface area contributed by atoms with Crippen molar-refractivity contribution in [2.45, 2.75) is 4.90 Å². The molecule has 1 heterocycles. The van der Waals surface area contributed by atoms with Gasteiger partial charge in [-0.1, -0.05) is 11.6 Å². The van der Waals surface area contributed by atoms with Crippen LogP contribution in [0.5, 0.6) is 11.5 Å². The SMILES string of the molecule is COc1cc(NS(=O)(=O)c2ccc3c(c2)oc(=O)n3C)c(OC)cc1Cl. The fourth-order valence-electron chi connectivity index (χ4n) is 2.43. The van der Waals surface area contributed by atoms with Crippen molar-refractivity contribution in [2.24, 2.45) is 7.05 Å². The van der Waals surface area contributed by atoms with Gasteiger partial charge in [0.05, 0.1) is 35.3 Å². The van der Waals surface area contributed by atoms with Gasteiger partial charge in [0.15, 0.2) is 5.58 Å². The minimum atomic E-state index is -3.98. The Balaban J connectivity index is 2.05. The zero-order valence-electron chi connectivity index (χ0n) is 14.1. The van der Waals surface area contributed by atoms with Crippen LogP contribution in [-0.2, 0) is 17.1 Å². The number of anilines is 1. The van der Waals surface area contributed by atoms with Crippen LogP contribution in [0, 0.1) is 0 Å². The first-order valence-electron chi connectivity index (χ1n) is 7.30. The van der Waals surface area contributed by atoms with E-state index in [2.05, 4.69) is 4.72 Å². The number of hydrogen-bond donors (Lipinski definition) is 1. The summed E-state index contributed by atoms with van der Waals surface area (Å²) in [5.41, 5.74) is 0.809. The van der Waals surface area contributed by atoms with Gasteiger partial charge in [0.1, 0.15) is 11.5 Å². The third-order valence-corrected chi connectivity index (χ3v) is 5.45. The molecule has 0 unspecified atom stereocenters. The lowest BCUT2D eigenvalue weighted by Crippen LogP contribution is -2.14. The Hall–Kier alpha value is -2.65. The topological polar surface area (TPSA) is 99.8 Å². The number of hydrogen-bond acceptors (Lipinski definition) is 6. The quantitative estimate of drug-likeness (QED) is 0.709. The third-order valence-electron chi connectivity index (χ3n) is 3.79. The van der Waals surface area contributed by atoms with E-state index in [-0.39, 0.29) is 32.7 Å². The van der Waals surface area contributed by atoms with E-state index in [1.165, 1.54) is 56.2 Å². The predicted octanol–water partition coefficient (Wildman–Crippen LogP) is 2.60.